The lowest BCUT2D eigenvalue weighted by Crippen LogP contribution is -2.09. The maximum Gasteiger partial charge on any atom is 0.418 e. The molecule has 1 heterocycles. The van der Waals surface area contributed by atoms with Gasteiger partial charge in [0.2, 0.25) is 6.29 Å². The van der Waals surface area contributed by atoms with Gasteiger partial charge in [-0.05, 0) is 6.07 Å². The second-order valence-corrected chi connectivity index (χ2v) is 2.02. The van der Waals surface area contributed by atoms with Gasteiger partial charge in [-0.15, -0.1) is 0 Å². The molecule has 12 heavy (non-hydrogen) atoms. The van der Waals surface area contributed by atoms with E-state index < -0.39 is 17.3 Å². The molecule has 0 atom stereocenters. The van der Waals surface area contributed by atoms with Gasteiger partial charge >= 0.3 is 6.18 Å². The van der Waals surface area contributed by atoms with E-state index in [-0.39, 0.29) is 0 Å². The van der Waals surface area contributed by atoms with E-state index in [0.717, 1.165) is 12.3 Å². The third kappa shape index (κ3) is 1.61. The monoisotopic (exact) mass is 174 g/mol. The Morgan fingerprint density at radius 1 is 1.42 bits per heavy atom. The number of alkyl halides is 3. The first-order chi connectivity index (χ1) is 5.55. The fourth-order valence-electron chi connectivity index (χ4n) is 0.709. The van der Waals surface area contributed by atoms with Crippen LogP contribution in [0.3, 0.4) is 0 Å². The molecule has 0 bridgehead atoms. The summed E-state index contributed by atoms with van der Waals surface area (Å²) in [5, 5.41) is 0. The van der Waals surface area contributed by atoms with Gasteiger partial charge in [0.15, 0.2) is 0 Å². The summed E-state index contributed by atoms with van der Waals surface area (Å²) in [4.78, 5) is 13.3. The Morgan fingerprint density at radius 2 is 2.08 bits per heavy atom. The zero-order chi connectivity index (χ0) is 9.19. The van der Waals surface area contributed by atoms with Gasteiger partial charge in [0, 0.05) is 18.0 Å². The van der Waals surface area contributed by atoms with Gasteiger partial charge < -0.3 is 0 Å². The van der Waals surface area contributed by atoms with Gasteiger partial charge in [-0.1, -0.05) is 0 Å². The maximum absolute atomic E-state index is 12.0. The Kier molecular flexibility index (Phi) is 2.12. The Bertz CT molecular complexity index is 295. The summed E-state index contributed by atoms with van der Waals surface area (Å²) >= 11 is 0. The van der Waals surface area contributed by atoms with Crippen molar-refractivity contribution in [3.8, 4) is 0 Å². The van der Waals surface area contributed by atoms with Gasteiger partial charge in [-0.2, -0.15) is 13.2 Å². The van der Waals surface area contributed by atoms with Crippen LogP contribution in [0.15, 0.2) is 18.5 Å². The average Bonchev–Trinajstić information content (AvgIpc) is 2.03. The Labute approximate surface area is 66.0 Å². The molecule has 0 N–H and O–H groups in total. The van der Waals surface area contributed by atoms with Crippen molar-refractivity contribution < 1.29 is 18.0 Å². The maximum atomic E-state index is 12.0. The smallest absolute Gasteiger partial charge is 0.285 e. The van der Waals surface area contributed by atoms with Gasteiger partial charge in [-0.3, -0.25) is 9.78 Å². The first-order valence-corrected chi connectivity index (χ1v) is 2.95. The van der Waals surface area contributed by atoms with Crippen LogP contribution in [0.2, 0.25) is 0 Å². The van der Waals surface area contributed by atoms with Crippen molar-refractivity contribution >= 4 is 6.29 Å². The second kappa shape index (κ2) is 2.92. The predicted molar refractivity (Wildman–Crippen MR) is 34.0 cm³/mol. The lowest BCUT2D eigenvalue weighted by atomic mass is 10.1. The standard InChI is InChI=1S/C7H3F3NO/c8-7(9,10)6-3-11-2-1-5(6)4-12/h1-3H. The topological polar surface area (TPSA) is 30.0 Å². The molecule has 0 fully saturated rings. The summed E-state index contributed by atoms with van der Waals surface area (Å²) in [7, 11) is 0. The minimum Gasteiger partial charge on any atom is -0.285 e. The molecule has 1 aromatic rings. The van der Waals surface area contributed by atoms with Crippen molar-refractivity contribution in [3.05, 3.63) is 29.6 Å². The highest BCUT2D eigenvalue weighted by atomic mass is 19.4. The zero-order valence-electron chi connectivity index (χ0n) is 5.72. The van der Waals surface area contributed by atoms with Crippen molar-refractivity contribution in [2.75, 3.05) is 0 Å². The lowest BCUT2D eigenvalue weighted by Gasteiger charge is -2.06. The molecule has 0 saturated carbocycles. The van der Waals surface area contributed by atoms with E-state index in [2.05, 4.69) is 4.98 Å². The fraction of sp³-hybridized carbons (Fsp3) is 0.143. The first-order valence-electron chi connectivity index (χ1n) is 2.95. The Balaban J connectivity index is 3.23. The summed E-state index contributed by atoms with van der Waals surface area (Å²) in [6.07, 6.45) is -1.64. The van der Waals surface area contributed by atoms with E-state index in [1.165, 1.54) is 6.29 Å². The molecular formula is C7H3F3NO. The minimum atomic E-state index is -4.54. The van der Waals surface area contributed by atoms with Crippen LogP contribution in [-0.4, -0.2) is 11.3 Å². The van der Waals surface area contributed by atoms with Crippen LogP contribution in [0.1, 0.15) is 11.1 Å². The number of hydrogen-bond acceptors (Lipinski definition) is 2. The molecule has 0 aliphatic heterocycles. The molecule has 0 spiro atoms. The van der Waals surface area contributed by atoms with Gasteiger partial charge in [0.05, 0.1) is 5.56 Å². The van der Waals surface area contributed by atoms with Crippen molar-refractivity contribution in [1.82, 2.24) is 4.98 Å². The third-order valence-corrected chi connectivity index (χ3v) is 1.24. The normalized spacial score (nSPS) is 11.2. The molecule has 2 nitrogen and oxygen atoms in total. The van der Waals surface area contributed by atoms with E-state index in [9.17, 15) is 18.0 Å². The summed E-state index contributed by atoms with van der Waals surface area (Å²) in [5.74, 6) is 0. The van der Waals surface area contributed by atoms with Crippen molar-refractivity contribution in [3.63, 3.8) is 0 Å². The molecular weight excluding hydrogens is 171 g/mol. The van der Waals surface area contributed by atoms with Crippen LogP contribution in [0.4, 0.5) is 13.2 Å². The molecule has 1 aromatic heterocycles. The SMILES string of the molecule is O=[C]c1ccncc1C(F)(F)F. The molecule has 63 valence electrons. The number of aromatic nitrogens is 1. The van der Waals surface area contributed by atoms with E-state index >= 15 is 0 Å². The molecule has 1 radical (unpaired) electrons. The van der Waals surface area contributed by atoms with Crippen LogP contribution in [-0.2, 0) is 11.0 Å². The number of pyridine rings is 1. The lowest BCUT2D eigenvalue weighted by molar-refractivity contribution is -0.137. The number of carbonyl (C=O) groups excluding carboxylic acids is 1. The quantitative estimate of drug-likeness (QED) is 0.646. The number of halogens is 3. The van der Waals surface area contributed by atoms with Crippen LogP contribution in [0.25, 0.3) is 0 Å². The van der Waals surface area contributed by atoms with E-state index in [1.54, 1.807) is 0 Å². The van der Waals surface area contributed by atoms with Crippen molar-refractivity contribution in [2.45, 2.75) is 6.18 Å². The Morgan fingerprint density at radius 3 is 2.50 bits per heavy atom. The van der Waals surface area contributed by atoms with Crippen molar-refractivity contribution in [2.24, 2.45) is 0 Å². The highest BCUT2D eigenvalue weighted by Gasteiger charge is 2.33. The van der Waals surface area contributed by atoms with Gasteiger partial charge in [-0.25, -0.2) is 0 Å². The summed E-state index contributed by atoms with van der Waals surface area (Å²) < 4.78 is 36.0. The molecule has 0 amide bonds. The summed E-state index contributed by atoms with van der Waals surface area (Å²) in [6.45, 7) is 0. The number of hydrogen-bond donors (Lipinski definition) is 0. The molecule has 5 heteroatoms. The van der Waals surface area contributed by atoms with E-state index in [1.807, 2.05) is 0 Å². The summed E-state index contributed by atoms with van der Waals surface area (Å²) in [6, 6.07) is 0.968. The molecule has 0 aliphatic rings. The largest absolute Gasteiger partial charge is 0.418 e. The minimum absolute atomic E-state index is 0.516. The van der Waals surface area contributed by atoms with Crippen LogP contribution < -0.4 is 0 Å². The molecule has 0 aromatic carbocycles. The fourth-order valence-corrected chi connectivity index (χ4v) is 0.709. The van der Waals surface area contributed by atoms with Crippen LogP contribution >= 0.6 is 0 Å². The van der Waals surface area contributed by atoms with E-state index in [0.29, 0.717) is 6.20 Å². The number of nitrogens with zero attached hydrogens (tertiary/aromatic N) is 1. The molecule has 0 aliphatic carbocycles. The average molecular weight is 174 g/mol. The second-order valence-electron chi connectivity index (χ2n) is 2.02. The molecule has 0 unspecified atom stereocenters. The summed E-state index contributed by atoms with van der Waals surface area (Å²) in [5.41, 5.74) is -1.57. The molecule has 0 saturated heterocycles. The van der Waals surface area contributed by atoms with Crippen LogP contribution in [0, 0.1) is 0 Å². The predicted octanol–water partition coefficient (Wildman–Crippen LogP) is 1.56. The zero-order valence-corrected chi connectivity index (χ0v) is 5.72. The Hall–Kier alpha value is -1.39. The van der Waals surface area contributed by atoms with E-state index in [4.69, 9.17) is 0 Å². The van der Waals surface area contributed by atoms with Gasteiger partial charge in [0.1, 0.15) is 0 Å². The number of rotatable bonds is 1. The van der Waals surface area contributed by atoms with Crippen LogP contribution in [0.5, 0.6) is 0 Å². The first kappa shape index (κ1) is 8.70. The van der Waals surface area contributed by atoms with Gasteiger partial charge in [0.25, 0.3) is 0 Å². The third-order valence-electron chi connectivity index (χ3n) is 1.24. The van der Waals surface area contributed by atoms with Crippen molar-refractivity contribution in [1.29, 1.82) is 0 Å². The molecule has 1 rings (SSSR count). The highest BCUT2D eigenvalue weighted by molar-refractivity contribution is 5.77. The highest BCUT2D eigenvalue weighted by Crippen LogP contribution is 2.30.